The molecule has 0 unspecified atom stereocenters. The van der Waals surface area contributed by atoms with Crippen LogP contribution in [-0.4, -0.2) is 17.0 Å². The summed E-state index contributed by atoms with van der Waals surface area (Å²) in [6.45, 7) is 3.41. The minimum absolute atomic E-state index is 0.0369. The summed E-state index contributed by atoms with van der Waals surface area (Å²) in [4.78, 5) is 12.1. The number of rotatable bonds is 1. The first kappa shape index (κ1) is 13.1. The minimum atomic E-state index is -0.246. The number of amides is 1. The molecule has 1 aromatic heterocycles. The number of carbonyl (C=O) groups is 1. The van der Waals surface area contributed by atoms with Crippen molar-refractivity contribution in [1.82, 2.24) is 9.88 Å². The molecule has 2 aromatic carbocycles. The smallest absolute Gasteiger partial charge is 0.268 e. The Bertz CT molecular complexity index is 894. The normalized spacial score (nSPS) is 14.0. The van der Waals surface area contributed by atoms with E-state index in [2.05, 4.69) is 22.0 Å². The number of carbonyl (C=O) groups excluding carboxylic acids is 1. The molecule has 1 N–H and O–H groups in total. The van der Waals surface area contributed by atoms with Gasteiger partial charge in [-0.05, 0) is 48.4 Å². The van der Waals surface area contributed by atoms with E-state index in [1.807, 2.05) is 13.0 Å². The average molecular weight is 294 g/mol. The van der Waals surface area contributed by atoms with E-state index in [0.717, 1.165) is 34.1 Å². The van der Waals surface area contributed by atoms with E-state index in [9.17, 15) is 9.18 Å². The third-order valence-electron chi connectivity index (χ3n) is 4.15. The highest BCUT2D eigenvalue weighted by atomic mass is 19.1. The first-order valence-corrected chi connectivity index (χ1v) is 7.31. The average Bonchev–Trinajstić information content (AvgIpc) is 2.87. The van der Waals surface area contributed by atoms with Crippen LogP contribution in [0.3, 0.4) is 0 Å². The van der Waals surface area contributed by atoms with Crippen LogP contribution in [-0.2, 0) is 6.54 Å². The Morgan fingerprint density at radius 2 is 1.91 bits per heavy atom. The molecule has 3 aromatic rings. The van der Waals surface area contributed by atoms with Gasteiger partial charge in [-0.1, -0.05) is 12.1 Å². The van der Waals surface area contributed by atoms with Gasteiger partial charge in [0.05, 0.1) is 5.52 Å². The summed E-state index contributed by atoms with van der Waals surface area (Å²) in [5.41, 5.74) is 4.85. The summed E-state index contributed by atoms with van der Waals surface area (Å²) in [5.74, 6) is -0.283. The molecule has 0 bridgehead atoms. The number of halogens is 1. The zero-order valence-corrected chi connectivity index (χ0v) is 12.2. The van der Waals surface area contributed by atoms with Crippen LogP contribution >= 0.6 is 0 Å². The van der Waals surface area contributed by atoms with E-state index in [1.165, 1.54) is 12.1 Å². The lowest BCUT2D eigenvalue weighted by Gasteiger charge is -2.18. The maximum Gasteiger partial charge on any atom is 0.268 e. The second-order valence-corrected chi connectivity index (χ2v) is 5.69. The zero-order valence-electron chi connectivity index (χ0n) is 12.2. The summed E-state index contributed by atoms with van der Waals surface area (Å²) >= 11 is 0. The molecule has 1 aliphatic rings. The third kappa shape index (κ3) is 1.91. The van der Waals surface area contributed by atoms with Gasteiger partial charge in [-0.2, -0.15) is 0 Å². The molecule has 0 atom stereocenters. The fourth-order valence-electron chi connectivity index (χ4n) is 3.21. The molecule has 3 nitrogen and oxygen atoms in total. The minimum Gasteiger partial charge on any atom is -0.349 e. The maximum absolute atomic E-state index is 13.2. The second-order valence-electron chi connectivity index (χ2n) is 5.69. The number of aryl methyl sites for hydroxylation is 1. The Labute approximate surface area is 127 Å². The predicted molar refractivity (Wildman–Crippen MR) is 84.4 cm³/mol. The quantitative estimate of drug-likeness (QED) is 0.732. The van der Waals surface area contributed by atoms with Crippen molar-refractivity contribution in [2.45, 2.75) is 13.5 Å². The van der Waals surface area contributed by atoms with Crippen molar-refractivity contribution < 1.29 is 9.18 Å². The number of nitrogens with zero attached hydrogens (tertiary/aromatic N) is 1. The van der Waals surface area contributed by atoms with Crippen LogP contribution in [0, 0.1) is 12.7 Å². The molecule has 110 valence electrons. The number of hydrogen-bond donors (Lipinski definition) is 1. The van der Waals surface area contributed by atoms with Gasteiger partial charge in [0.1, 0.15) is 11.5 Å². The van der Waals surface area contributed by atoms with Crippen LogP contribution in [0.15, 0.2) is 42.5 Å². The summed E-state index contributed by atoms with van der Waals surface area (Å²) < 4.78 is 15.3. The van der Waals surface area contributed by atoms with Gasteiger partial charge in [0.2, 0.25) is 0 Å². The molecular formula is C18H15FN2O. The second kappa shape index (κ2) is 4.70. The number of nitrogens with one attached hydrogen (secondary N) is 1. The van der Waals surface area contributed by atoms with Gasteiger partial charge in [-0.25, -0.2) is 4.39 Å². The highest BCUT2D eigenvalue weighted by Crippen LogP contribution is 2.33. The van der Waals surface area contributed by atoms with Crippen LogP contribution in [0.2, 0.25) is 0 Å². The van der Waals surface area contributed by atoms with Crippen molar-refractivity contribution in [3.8, 4) is 11.1 Å². The Morgan fingerprint density at radius 3 is 2.68 bits per heavy atom. The summed E-state index contributed by atoms with van der Waals surface area (Å²) in [5, 5.41) is 3.92. The fraction of sp³-hybridized carbons (Fsp3) is 0.167. The van der Waals surface area contributed by atoms with Crippen molar-refractivity contribution in [2.24, 2.45) is 0 Å². The van der Waals surface area contributed by atoms with Crippen LogP contribution in [0.5, 0.6) is 0 Å². The zero-order chi connectivity index (χ0) is 15.3. The number of aromatic nitrogens is 1. The lowest BCUT2D eigenvalue weighted by Crippen LogP contribution is -2.34. The van der Waals surface area contributed by atoms with Crippen molar-refractivity contribution in [2.75, 3.05) is 6.54 Å². The summed E-state index contributed by atoms with van der Waals surface area (Å²) in [7, 11) is 0. The topological polar surface area (TPSA) is 34.0 Å². The predicted octanol–water partition coefficient (Wildman–Crippen LogP) is 3.50. The van der Waals surface area contributed by atoms with Crippen LogP contribution in [0.4, 0.5) is 4.39 Å². The van der Waals surface area contributed by atoms with Gasteiger partial charge in [0.15, 0.2) is 0 Å². The lowest BCUT2D eigenvalue weighted by atomic mass is 10.0. The van der Waals surface area contributed by atoms with E-state index >= 15 is 0 Å². The first-order chi connectivity index (χ1) is 10.6. The lowest BCUT2D eigenvalue weighted by molar-refractivity contribution is 0.0929. The highest BCUT2D eigenvalue weighted by molar-refractivity contribution is 6.04. The molecule has 1 aliphatic heterocycles. The molecule has 0 radical (unpaired) electrons. The maximum atomic E-state index is 13.2. The van der Waals surface area contributed by atoms with Crippen molar-refractivity contribution in [1.29, 1.82) is 0 Å². The molecule has 0 saturated carbocycles. The Kier molecular flexibility index (Phi) is 2.79. The summed E-state index contributed by atoms with van der Waals surface area (Å²) in [6.07, 6.45) is 0. The Hall–Kier alpha value is -2.62. The standard InChI is InChI=1S/C18H15FN2O/c1-11-8-13-10-16-18(22)20-6-7-21(16)17(13)15(9-11)12-2-4-14(19)5-3-12/h2-5,8-10H,6-7H2,1H3,(H,20,22). The number of hydrogen-bond acceptors (Lipinski definition) is 1. The van der Waals surface area contributed by atoms with E-state index in [-0.39, 0.29) is 11.7 Å². The van der Waals surface area contributed by atoms with Crippen molar-refractivity contribution in [3.63, 3.8) is 0 Å². The monoisotopic (exact) mass is 294 g/mol. The third-order valence-corrected chi connectivity index (χ3v) is 4.15. The van der Waals surface area contributed by atoms with Gasteiger partial charge < -0.3 is 9.88 Å². The van der Waals surface area contributed by atoms with Crippen LogP contribution in [0.25, 0.3) is 22.0 Å². The van der Waals surface area contributed by atoms with Crippen molar-refractivity contribution >= 4 is 16.8 Å². The highest BCUT2D eigenvalue weighted by Gasteiger charge is 2.21. The molecule has 1 amide bonds. The molecule has 4 heteroatoms. The Morgan fingerprint density at radius 1 is 1.14 bits per heavy atom. The molecule has 0 fully saturated rings. The van der Waals surface area contributed by atoms with Gasteiger partial charge in [-0.15, -0.1) is 0 Å². The fourth-order valence-corrected chi connectivity index (χ4v) is 3.21. The van der Waals surface area contributed by atoms with Gasteiger partial charge in [-0.3, -0.25) is 4.79 Å². The number of fused-ring (bicyclic) bond motifs is 3. The van der Waals surface area contributed by atoms with Crippen molar-refractivity contribution in [3.05, 3.63) is 59.5 Å². The molecule has 4 rings (SSSR count). The van der Waals surface area contributed by atoms with Crippen LogP contribution < -0.4 is 5.32 Å². The largest absolute Gasteiger partial charge is 0.349 e. The van der Waals surface area contributed by atoms with Crippen LogP contribution in [0.1, 0.15) is 16.1 Å². The molecule has 0 aliphatic carbocycles. The van der Waals surface area contributed by atoms with Gasteiger partial charge in [0.25, 0.3) is 5.91 Å². The molecule has 0 saturated heterocycles. The van der Waals surface area contributed by atoms with E-state index < -0.39 is 0 Å². The van der Waals surface area contributed by atoms with E-state index in [1.54, 1.807) is 12.1 Å². The van der Waals surface area contributed by atoms with E-state index in [4.69, 9.17) is 0 Å². The van der Waals surface area contributed by atoms with Gasteiger partial charge >= 0.3 is 0 Å². The Balaban J connectivity index is 2.05. The molecule has 0 spiro atoms. The first-order valence-electron chi connectivity index (χ1n) is 7.31. The molecular weight excluding hydrogens is 279 g/mol. The summed E-state index contributed by atoms with van der Waals surface area (Å²) in [6, 6.07) is 12.6. The van der Waals surface area contributed by atoms with E-state index in [0.29, 0.717) is 12.2 Å². The number of benzene rings is 2. The SMILES string of the molecule is Cc1cc(-c2ccc(F)cc2)c2c(c1)cc1n2CCNC1=O. The van der Waals surface area contributed by atoms with Gasteiger partial charge in [0, 0.05) is 24.0 Å². The molecule has 2 heterocycles. The molecule has 22 heavy (non-hydrogen) atoms.